The fraction of sp³-hybridized carbons (Fsp3) is 0.250. The van der Waals surface area contributed by atoms with Crippen LogP contribution < -0.4 is 10.6 Å². The third-order valence-electron chi connectivity index (χ3n) is 3.21. The molecule has 0 bridgehead atoms. The van der Waals surface area contributed by atoms with Crippen molar-refractivity contribution in [3.05, 3.63) is 64.2 Å². The first kappa shape index (κ1) is 13.9. The van der Waals surface area contributed by atoms with E-state index in [0.29, 0.717) is 6.54 Å². The molecule has 0 saturated heterocycles. The predicted octanol–water partition coefficient (Wildman–Crippen LogP) is 3.74. The number of anilines is 1. The summed E-state index contributed by atoms with van der Waals surface area (Å²) < 4.78 is 0. The second-order valence-electron chi connectivity index (χ2n) is 4.79. The van der Waals surface area contributed by atoms with Crippen molar-refractivity contribution in [1.29, 1.82) is 0 Å². The summed E-state index contributed by atoms with van der Waals surface area (Å²) in [5, 5.41) is 0.732. The van der Waals surface area contributed by atoms with Crippen molar-refractivity contribution in [3.63, 3.8) is 0 Å². The van der Waals surface area contributed by atoms with Crippen molar-refractivity contribution in [1.82, 2.24) is 0 Å². The standard InChI is InChI=1S/C16H19ClN2/c1-12-5-3-6-13(9-12)11-19(2)16-8-4-7-15(17)14(16)10-18/h3-9H,10-11,18H2,1-2H3. The van der Waals surface area contributed by atoms with Crippen LogP contribution in [0.25, 0.3) is 0 Å². The number of rotatable bonds is 4. The van der Waals surface area contributed by atoms with Gasteiger partial charge in [-0.25, -0.2) is 0 Å². The van der Waals surface area contributed by atoms with Crippen LogP contribution in [0.4, 0.5) is 5.69 Å². The van der Waals surface area contributed by atoms with E-state index in [4.69, 9.17) is 17.3 Å². The van der Waals surface area contributed by atoms with Gasteiger partial charge < -0.3 is 10.6 Å². The second-order valence-corrected chi connectivity index (χ2v) is 5.19. The van der Waals surface area contributed by atoms with E-state index in [-0.39, 0.29) is 0 Å². The van der Waals surface area contributed by atoms with Crippen LogP contribution in [0.1, 0.15) is 16.7 Å². The van der Waals surface area contributed by atoms with Crippen LogP contribution in [0.5, 0.6) is 0 Å². The van der Waals surface area contributed by atoms with E-state index in [1.807, 2.05) is 12.1 Å². The van der Waals surface area contributed by atoms with Crippen LogP contribution >= 0.6 is 11.6 Å². The topological polar surface area (TPSA) is 29.3 Å². The minimum Gasteiger partial charge on any atom is -0.370 e. The van der Waals surface area contributed by atoms with Gasteiger partial charge in [-0.05, 0) is 24.6 Å². The molecule has 0 aromatic heterocycles. The average molecular weight is 275 g/mol. The normalized spacial score (nSPS) is 10.5. The molecular formula is C16H19ClN2. The fourth-order valence-corrected chi connectivity index (χ4v) is 2.52. The molecule has 0 spiro atoms. The van der Waals surface area contributed by atoms with Gasteiger partial charge in [0.1, 0.15) is 0 Å². The Hall–Kier alpha value is -1.51. The van der Waals surface area contributed by atoms with Crippen molar-refractivity contribution >= 4 is 17.3 Å². The molecule has 0 aliphatic carbocycles. The molecule has 0 aliphatic heterocycles. The zero-order chi connectivity index (χ0) is 13.8. The molecule has 0 amide bonds. The molecule has 0 aliphatic rings. The molecule has 3 heteroatoms. The van der Waals surface area contributed by atoms with E-state index in [1.54, 1.807) is 0 Å². The molecule has 2 aromatic carbocycles. The Kier molecular flexibility index (Phi) is 4.46. The molecule has 2 N–H and O–H groups in total. The minimum absolute atomic E-state index is 0.452. The summed E-state index contributed by atoms with van der Waals surface area (Å²) in [6.07, 6.45) is 0. The Labute approximate surface area is 119 Å². The summed E-state index contributed by atoms with van der Waals surface area (Å²) >= 11 is 6.20. The lowest BCUT2D eigenvalue weighted by atomic mass is 10.1. The van der Waals surface area contributed by atoms with Gasteiger partial charge in [-0.1, -0.05) is 47.5 Å². The minimum atomic E-state index is 0.452. The lowest BCUT2D eigenvalue weighted by Gasteiger charge is -2.23. The van der Waals surface area contributed by atoms with Gasteiger partial charge in [0.15, 0.2) is 0 Å². The highest BCUT2D eigenvalue weighted by molar-refractivity contribution is 6.31. The number of benzene rings is 2. The average Bonchev–Trinajstić information content (AvgIpc) is 2.38. The lowest BCUT2D eigenvalue weighted by molar-refractivity contribution is 0.903. The van der Waals surface area contributed by atoms with E-state index in [9.17, 15) is 0 Å². The third-order valence-corrected chi connectivity index (χ3v) is 3.57. The van der Waals surface area contributed by atoms with Gasteiger partial charge in [0.25, 0.3) is 0 Å². The maximum Gasteiger partial charge on any atom is 0.0471 e. The van der Waals surface area contributed by atoms with E-state index >= 15 is 0 Å². The van der Waals surface area contributed by atoms with E-state index in [2.05, 4.69) is 49.2 Å². The van der Waals surface area contributed by atoms with Gasteiger partial charge >= 0.3 is 0 Å². The van der Waals surface area contributed by atoms with E-state index in [0.717, 1.165) is 22.8 Å². The zero-order valence-electron chi connectivity index (χ0n) is 11.4. The largest absolute Gasteiger partial charge is 0.370 e. The van der Waals surface area contributed by atoms with Gasteiger partial charge in [0.2, 0.25) is 0 Å². The van der Waals surface area contributed by atoms with E-state index < -0.39 is 0 Å². The van der Waals surface area contributed by atoms with Crippen LogP contribution in [-0.2, 0) is 13.1 Å². The number of hydrogen-bond acceptors (Lipinski definition) is 2. The first-order valence-corrected chi connectivity index (χ1v) is 6.73. The van der Waals surface area contributed by atoms with Crippen LogP contribution in [0.15, 0.2) is 42.5 Å². The molecule has 0 radical (unpaired) electrons. The van der Waals surface area contributed by atoms with Crippen LogP contribution in [0, 0.1) is 6.92 Å². The highest BCUT2D eigenvalue weighted by Crippen LogP contribution is 2.27. The van der Waals surface area contributed by atoms with Crippen molar-refractivity contribution in [3.8, 4) is 0 Å². The first-order valence-electron chi connectivity index (χ1n) is 6.36. The van der Waals surface area contributed by atoms with Gasteiger partial charge in [0, 0.05) is 36.4 Å². The van der Waals surface area contributed by atoms with Crippen molar-refractivity contribution < 1.29 is 0 Å². The Bertz CT molecular complexity index is 566. The molecule has 0 heterocycles. The van der Waals surface area contributed by atoms with Gasteiger partial charge in [-0.2, -0.15) is 0 Å². The van der Waals surface area contributed by atoms with Crippen molar-refractivity contribution in [2.45, 2.75) is 20.0 Å². The van der Waals surface area contributed by atoms with Crippen LogP contribution in [0.3, 0.4) is 0 Å². The Balaban J connectivity index is 2.25. The number of halogens is 1. The highest BCUT2D eigenvalue weighted by atomic mass is 35.5. The fourth-order valence-electron chi connectivity index (χ4n) is 2.28. The van der Waals surface area contributed by atoms with Gasteiger partial charge in [-0.3, -0.25) is 0 Å². The summed E-state index contributed by atoms with van der Waals surface area (Å²) in [7, 11) is 2.06. The maximum absolute atomic E-state index is 6.20. The van der Waals surface area contributed by atoms with Gasteiger partial charge in [0.05, 0.1) is 0 Å². The Morgan fingerprint density at radius 1 is 1.16 bits per heavy atom. The number of aryl methyl sites for hydroxylation is 1. The lowest BCUT2D eigenvalue weighted by Crippen LogP contribution is -2.19. The molecule has 100 valence electrons. The Morgan fingerprint density at radius 3 is 2.58 bits per heavy atom. The number of hydrogen-bond donors (Lipinski definition) is 1. The molecule has 2 rings (SSSR count). The number of nitrogens with two attached hydrogens (primary N) is 1. The molecule has 0 unspecified atom stereocenters. The highest BCUT2D eigenvalue weighted by Gasteiger charge is 2.10. The molecule has 2 nitrogen and oxygen atoms in total. The van der Waals surface area contributed by atoms with E-state index in [1.165, 1.54) is 11.1 Å². The van der Waals surface area contributed by atoms with Crippen molar-refractivity contribution in [2.24, 2.45) is 5.73 Å². The Morgan fingerprint density at radius 2 is 1.89 bits per heavy atom. The first-order chi connectivity index (χ1) is 9.11. The monoisotopic (exact) mass is 274 g/mol. The number of nitrogens with zero attached hydrogens (tertiary/aromatic N) is 1. The summed E-state index contributed by atoms with van der Waals surface area (Å²) in [4.78, 5) is 2.18. The second kappa shape index (κ2) is 6.09. The smallest absolute Gasteiger partial charge is 0.0471 e. The molecule has 19 heavy (non-hydrogen) atoms. The summed E-state index contributed by atoms with van der Waals surface area (Å²) in [5.74, 6) is 0. The molecule has 0 saturated carbocycles. The SMILES string of the molecule is Cc1cccc(CN(C)c2cccc(Cl)c2CN)c1. The van der Waals surface area contributed by atoms with Crippen molar-refractivity contribution in [2.75, 3.05) is 11.9 Å². The molecular weight excluding hydrogens is 256 g/mol. The summed E-state index contributed by atoms with van der Waals surface area (Å²) in [6, 6.07) is 14.4. The zero-order valence-corrected chi connectivity index (χ0v) is 12.1. The third kappa shape index (κ3) is 3.28. The molecule has 0 fully saturated rings. The summed E-state index contributed by atoms with van der Waals surface area (Å²) in [6.45, 7) is 3.40. The van der Waals surface area contributed by atoms with Crippen LogP contribution in [-0.4, -0.2) is 7.05 Å². The summed E-state index contributed by atoms with van der Waals surface area (Å²) in [5.41, 5.74) is 10.4. The molecule has 0 atom stereocenters. The van der Waals surface area contributed by atoms with Gasteiger partial charge in [-0.15, -0.1) is 0 Å². The predicted molar refractivity (Wildman–Crippen MR) is 82.6 cm³/mol. The maximum atomic E-state index is 6.20. The van der Waals surface area contributed by atoms with Crippen LogP contribution in [0.2, 0.25) is 5.02 Å². The molecule has 2 aromatic rings. The quantitative estimate of drug-likeness (QED) is 0.920.